The number of carboxylic acid groups (broad SMARTS) is 3. The van der Waals surface area contributed by atoms with E-state index in [0.29, 0.717) is 5.75 Å². The van der Waals surface area contributed by atoms with Crippen molar-refractivity contribution in [3.05, 3.63) is 0 Å². The highest BCUT2D eigenvalue weighted by atomic mass is 32.2. The molecule has 0 aliphatic heterocycles. The van der Waals surface area contributed by atoms with Gasteiger partial charge in [0.05, 0.1) is 18.9 Å². The first-order chi connectivity index (χ1) is 23.7. The number of carbonyl (C=O) groups excluding carboxylic acids is 7. The standard InChI is InChI=1S/C29H48N8O13S/c1-4-13(2)23(28(48)34-16(29(49)50)5-7-19(31)38)37-25(45)15(6-8-21(40)41)33-27(47)18(12-22(42)43)36-26(46)17(11-20(32)39)35-24(44)14(30)9-10-51-3/h13-18,23H,4-12,30H2,1-3H3,(H2,31,38)(H2,32,39)(H,33,47)(H,34,48)(H,35,44)(H,36,46)(H,37,45)(H,40,41)(H,42,43)(H,49,50). The zero-order valence-corrected chi connectivity index (χ0v) is 29.3. The smallest absolute Gasteiger partial charge is 0.326 e. The van der Waals surface area contributed by atoms with E-state index >= 15 is 0 Å². The van der Waals surface area contributed by atoms with E-state index in [4.69, 9.17) is 17.2 Å². The third kappa shape index (κ3) is 18.5. The van der Waals surface area contributed by atoms with Crippen LogP contribution in [0.15, 0.2) is 0 Å². The topological polar surface area (TPSA) is 370 Å². The molecule has 51 heavy (non-hydrogen) atoms. The minimum Gasteiger partial charge on any atom is -0.481 e. The first-order valence-corrected chi connectivity index (χ1v) is 17.1. The molecule has 0 aliphatic carbocycles. The van der Waals surface area contributed by atoms with Crippen LogP contribution in [0.1, 0.15) is 65.2 Å². The number of hydrogen-bond donors (Lipinski definition) is 11. The third-order valence-electron chi connectivity index (χ3n) is 7.39. The lowest BCUT2D eigenvalue weighted by Gasteiger charge is -2.28. The van der Waals surface area contributed by atoms with Crippen molar-refractivity contribution >= 4 is 71.0 Å². The quantitative estimate of drug-likeness (QED) is 0.0403. The molecule has 0 bridgehead atoms. The lowest BCUT2D eigenvalue weighted by molar-refractivity contribution is -0.143. The summed E-state index contributed by atoms with van der Waals surface area (Å²) in [5, 5.41) is 39.2. The predicted octanol–water partition coefficient (Wildman–Crippen LogP) is -3.90. The number of aliphatic carboxylic acids is 3. The highest BCUT2D eigenvalue weighted by Gasteiger charge is 2.35. The van der Waals surface area contributed by atoms with Crippen molar-refractivity contribution in [2.45, 2.75) is 101 Å². The van der Waals surface area contributed by atoms with E-state index in [-0.39, 0.29) is 25.7 Å². The fraction of sp³-hybridized carbons (Fsp3) is 0.655. The molecule has 0 saturated heterocycles. The molecular weight excluding hydrogens is 700 g/mol. The molecule has 0 spiro atoms. The lowest BCUT2D eigenvalue weighted by Crippen LogP contribution is -2.60. The highest BCUT2D eigenvalue weighted by Crippen LogP contribution is 2.11. The second-order valence-electron chi connectivity index (χ2n) is 11.5. The van der Waals surface area contributed by atoms with Crippen molar-refractivity contribution in [2.75, 3.05) is 12.0 Å². The van der Waals surface area contributed by atoms with Crippen LogP contribution in [0.5, 0.6) is 0 Å². The molecule has 0 saturated carbocycles. The second kappa shape index (κ2) is 23.4. The Kier molecular flexibility index (Phi) is 21.1. The highest BCUT2D eigenvalue weighted by molar-refractivity contribution is 7.98. The summed E-state index contributed by atoms with van der Waals surface area (Å²) in [6.07, 6.45) is -1.62. The van der Waals surface area contributed by atoms with E-state index in [0.717, 1.165) is 0 Å². The molecule has 7 atom stereocenters. The van der Waals surface area contributed by atoms with E-state index < -0.39 is 127 Å². The summed E-state index contributed by atoms with van der Waals surface area (Å²) in [6.45, 7) is 3.18. The minimum atomic E-state index is -1.94. The fourth-order valence-electron chi connectivity index (χ4n) is 4.29. The molecule has 14 N–H and O–H groups in total. The Morgan fingerprint density at radius 3 is 1.57 bits per heavy atom. The van der Waals surface area contributed by atoms with Gasteiger partial charge in [0, 0.05) is 12.8 Å². The van der Waals surface area contributed by atoms with E-state index in [2.05, 4.69) is 26.6 Å². The van der Waals surface area contributed by atoms with Crippen molar-refractivity contribution < 1.29 is 63.3 Å². The summed E-state index contributed by atoms with van der Waals surface area (Å²) in [6, 6.07) is -9.44. The van der Waals surface area contributed by atoms with Crippen LogP contribution in [0, 0.1) is 5.92 Å². The summed E-state index contributed by atoms with van der Waals surface area (Å²) >= 11 is 1.39. The van der Waals surface area contributed by atoms with Crippen molar-refractivity contribution in [1.29, 1.82) is 0 Å². The Morgan fingerprint density at radius 1 is 0.608 bits per heavy atom. The molecule has 0 aromatic carbocycles. The number of carboxylic acids is 3. The van der Waals surface area contributed by atoms with E-state index in [1.165, 1.54) is 18.7 Å². The predicted molar refractivity (Wildman–Crippen MR) is 179 cm³/mol. The average Bonchev–Trinajstić information content (AvgIpc) is 3.03. The van der Waals surface area contributed by atoms with Crippen molar-refractivity contribution in [1.82, 2.24) is 26.6 Å². The van der Waals surface area contributed by atoms with Gasteiger partial charge in [-0.3, -0.25) is 43.2 Å². The largest absolute Gasteiger partial charge is 0.481 e. The lowest BCUT2D eigenvalue weighted by atomic mass is 9.96. The van der Waals surface area contributed by atoms with Gasteiger partial charge >= 0.3 is 17.9 Å². The van der Waals surface area contributed by atoms with Crippen LogP contribution >= 0.6 is 11.8 Å². The number of nitrogens with two attached hydrogens (primary N) is 3. The normalized spacial score (nSPS) is 14.9. The maximum atomic E-state index is 13.4. The molecule has 0 rings (SSSR count). The summed E-state index contributed by atoms with van der Waals surface area (Å²) in [7, 11) is 0. The summed E-state index contributed by atoms with van der Waals surface area (Å²) in [5.41, 5.74) is 16.1. The molecule has 0 aliphatic rings. The Morgan fingerprint density at radius 2 is 1.10 bits per heavy atom. The number of hydrogen-bond acceptors (Lipinski definition) is 12. The molecule has 0 radical (unpaired) electrons. The maximum Gasteiger partial charge on any atom is 0.326 e. The van der Waals surface area contributed by atoms with Gasteiger partial charge in [-0.25, -0.2) is 4.79 Å². The Balaban J connectivity index is 6.25. The summed E-state index contributed by atoms with van der Waals surface area (Å²) < 4.78 is 0. The minimum absolute atomic E-state index is 0.205. The molecule has 7 amide bonds. The Bertz CT molecular complexity index is 1300. The van der Waals surface area contributed by atoms with Crippen LogP contribution in [0.4, 0.5) is 0 Å². The zero-order chi connectivity index (χ0) is 39.4. The molecule has 7 unspecified atom stereocenters. The van der Waals surface area contributed by atoms with Gasteiger partial charge in [0.2, 0.25) is 41.4 Å². The second-order valence-corrected chi connectivity index (χ2v) is 12.5. The molecule has 21 nitrogen and oxygen atoms in total. The van der Waals surface area contributed by atoms with E-state index in [1.807, 2.05) is 0 Å². The van der Waals surface area contributed by atoms with Gasteiger partial charge < -0.3 is 59.1 Å². The van der Waals surface area contributed by atoms with Crippen LogP contribution in [-0.4, -0.2) is 123 Å². The Labute approximate surface area is 297 Å². The van der Waals surface area contributed by atoms with Gasteiger partial charge in [0.15, 0.2) is 0 Å². The zero-order valence-electron chi connectivity index (χ0n) is 28.5. The molecule has 22 heteroatoms. The SMILES string of the molecule is CCC(C)C(NC(=O)C(CCC(=O)O)NC(=O)C(CC(=O)O)NC(=O)C(CC(N)=O)NC(=O)C(N)CCSC)C(=O)NC(CCC(N)=O)C(=O)O. The van der Waals surface area contributed by atoms with Crippen LogP contribution in [0.2, 0.25) is 0 Å². The van der Waals surface area contributed by atoms with Crippen LogP contribution < -0.4 is 43.8 Å². The number of amides is 7. The van der Waals surface area contributed by atoms with Crippen LogP contribution in [-0.2, 0) is 47.9 Å². The van der Waals surface area contributed by atoms with Gasteiger partial charge in [-0.05, 0) is 37.2 Å². The molecule has 0 aromatic heterocycles. The van der Waals surface area contributed by atoms with Gasteiger partial charge in [0.25, 0.3) is 0 Å². The number of thioether (sulfide) groups is 1. The first-order valence-electron chi connectivity index (χ1n) is 15.7. The van der Waals surface area contributed by atoms with E-state index in [9.17, 15) is 63.3 Å². The van der Waals surface area contributed by atoms with Gasteiger partial charge in [-0.2, -0.15) is 11.8 Å². The van der Waals surface area contributed by atoms with Crippen LogP contribution in [0.25, 0.3) is 0 Å². The Hall–Kier alpha value is -4.99. The third-order valence-corrected chi connectivity index (χ3v) is 8.03. The van der Waals surface area contributed by atoms with Crippen LogP contribution in [0.3, 0.4) is 0 Å². The monoisotopic (exact) mass is 748 g/mol. The van der Waals surface area contributed by atoms with Crippen molar-refractivity contribution in [3.8, 4) is 0 Å². The number of primary amides is 2. The molecule has 0 fully saturated rings. The number of rotatable bonds is 26. The molecular formula is C29H48N8O13S. The number of carbonyl (C=O) groups is 10. The average molecular weight is 749 g/mol. The van der Waals surface area contributed by atoms with E-state index in [1.54, 1.807) is 13.2 Å². The molecule has 0 aromatic rings. The molecule has 288 valence electrons. The van der Waals surface area contributed by atoms with Crippen molar-refractivity contribution in [3.63, 3.8) is 0 Å². The summed E-state index contributed by atoms with van der Waals surface area (Å²) in [4.78, 5) is 123. The fourth-order valence-corrected chi connectivity index (χ4v) is 4.78. The summed E-state index contributed by atoms with van der Waals surface area (Å²) in [5.74, 6) is -12.0. The van der Waals surface area contributed by atoms with Gasteiger partial charge in [0.1, 0.15) is 30.2 Å². The molecule has 0 heterocycles. The van der Waals surface area contributed by atoms with Gasteiger partial charge in [-0.1, -0.05) is 20.3 Å². The maximum absolute atomic E-state index is 13.4. The number of nitrogens with one attached hydrogen (secondary N) is 5. The first kappa shape index (κ1) is 46.0. The van der Waals surface area contributed by atoms with Gasteiger partial charge in [-0.15, -0.1) is 0 Å². The van der Waals surface area contributed by atoms with Crippen molar-refractivity contribution in [2.24, 2.45) is 23.1 Å².